The van der Waals surface area contributed by atoms with E-state index in [2.05, 4.69) is 17.3 Å². The smallest absolute Gasteiger partial charge is 0.0832 e. The molecule has 1 aromatic heterocycles. The summed E-state index contributed by atoms with van der Waals surface area (Å²) >= 11 is 12.0. The molecule has 0 saturated carbocycles. The first kappa shape index (κ1) is 12.4. The van der Waals surface area contributed by atoms with Crippen LogP contribution in [0.2, 0.25) is 10.0 Å². The minimum absolute atomic E-state index is 0.595. The van der Waals surface area contributed by atoms with E-state index in [1.807, 2.05) is 18.2 Å². The molecular weight excluding hydrogens is 257 g/mol. The Balaban J connectivity index is 2.25. The lowest BCUT2D eigenvalue weighted by Gasteiger charge is -2.07. The van der Waals surface area contributed by atoms with Crippen LogP contribution in [0.5, 0.6) is 0 Å². The van der Waals surface area contributed by atoms with Gasteiger partial charge in [-0.3, -0.25) is 0 Å². The van der Waals surface area contributed by atoms with Crippen molar-refractivity contribution < 1.29 is 0 Å². The molecule has 0 amide bonds. The predicted octanol–water partition coefficient (Wildman–Crippen LogP) is 3.29. The van der Waals surface area contributed by atoms with E-state index in [1.54, 1.807) is 17.1 Å². The quantitative estimate of drug-likeness (QED) is 0.923. The molecule has 0 atom stereocenters. The molecule has 0 aliphatic carbocycles. The Morgan fingerprint density at radius 2 is 2.18 bits per heavy atom. The lowest BCUT2D eigenvalue weighted by atomic mass is 10.2. The van der Waals surface area contributed by atoms with Gasteiger partial charge in [0.25, 0.3) is 0 Å². The first-order chi connectivity index (χ1) is 8.20. The number of aromatic nitrogens is 2. The molecule has 0 saturated heterocycles. The molecule has 0 aliphatic heterocycles. The van der Waals surface area contributed by atoms with Gasteiger partial charge in [0.1, 0.15) is 0 Å². The van der Waals surface area contributed by atoms with Crippen LogP contribution in [0.15, 0.2) is 30.6 Å². The summed E-state index contributed by atoms with van der Waals surface area (Å²) < 4.78 is 1.67. The summed E-state index contributed by atoms with van der Waals surface area (Å²) in [7, 11) is 0. The Kier molecular flexibility index (Phi) is 4.05. The molecule has 3 nitrogen and oxygen atoms in total. The molecule has 0 unspecified atom stereocenters. The van der Waals surface area contributed by atoms with Gasteiger partial charge in [0.05, 0.1) is 21.9 Å². The van der Waals surface area contributed by atoms with Crippen LogP contribution in [0.25, 0.3) is 5.69 Å². The Labute approximate surface area is 110 Å². The monoisotopic (exact) mass is 269 g/mol. The van der Waals surface area contributed by atoms with Crippen molar-refractivity contribution in [2.24, 2.45) is 0 Å². The van der Waals surface area contributed by atoms with Crippen molar-refractivity contribution in [3.8, 4) is 5.69 Å². The minimum Gasteiger partial charge on any atom is -0.313 e. The Bertz CT molecular complexity index is 508. The molecule has 0 spiro atoms. The maximum atomic E-state index is 6.22. The summed E-state index contributed by atoms with van der Waals surface area (Å²) in [5.74, 6) is 0. The highest BCUT2D eigenvalue weighted by Gasteiger charge is 2.05. The Morgan fingerprint density at radius 3 is 2.76 bits per heavy atom. The molecule has 0 bridgehead atoms. The van der Waals surface area contributed by atoms with Gasteiger partial charge < -0.3 is 5.32 Å². The van der Waals surface area contributed by atoms with Gasteiger partial charge in [-0.2, -0.15) is 5.10 Å². The van der Waals surface area contributed by atoms with Crippen molar-refractivity contribution >= 4 is 23.2 Å². The molecule has 0 aliphatic rings. The van der Waals surface area contributed by atoms with Crippen molar-refractivity contribution in [1.82, 2.24) is 15.1 Å². The second-order valence-corrected chi connectivity index (χ2v) is 4.51. The second-order valence-electron chi connectivity index (χ2n) is 3.67. The highest BCUT2D eigenvalue weighted by atomic mass is 35.5. The lowest BCUT2D eigenvalue weighted by molar-refractivity contribution is 0.726. The number of benzene rings is 1. The molecule has 1 N–H and O–H groups in total. The van der Waals surface area contributed by atoms with E-state index in [0.29, 0.717) is 10.0 Å². The van der Waals surface area contributed by atoms with E-state index in [1.165, 1.54) is 0 Å². The van der Waals surface area contributed by atoms with Crippen LogP contribution in [0, 0.1) is 0 Å². The second kappa shape index (κ2) is 5.54. The van der Waals surface area contributed by atoms with E-state index in [-0.39, 0.29) is 0 Å². The standard InChI is InChI=1S/C12H13Cl2N3/c1-2-15-6-9-3-4-12(11(14)5-9)17-8-10(13)7-16-17/h3-5,7-8,15H,2,6H2,1H3. The minimum atomic E-state index is 0.595. The molecule has 5 heteroatoms. The van der Waals surface area contributed by atoms with Gasteiger partial charge in [0.15, 0.2) is 0 Å². The zero-order valence-corrected chi connectivity index (χ0v) is 11.0. The summed E-state index contributed by atoms with van der Waals surface area (Å²) in [4.78, 5) is 0. The van der Waals surface area contributed by atoms with Crippen molar-refractivity contribution in [2.75, 3.05) is 6.54 Å². The summed E-state index contributed by atoms with van der Waals surface area (Å²) in [5, 5.41) is 8.64. The van der Waals surface area contributed by atoms with Crippen LogP contribution in [-0.2, 0) is 6.54 Å². The van der Waals surface area contributed by atoms with Gasteiger partial charge in [-0.15, -0.1) is 0 Å². The van der Waals surface area contributed by atoms with Crippen molar-refractivity contribution in [2.45, 2.75) is 13.5 Å². The normalized spacial score (nSPS) is 10.8. The SMILES string of the molecule is CCNCc1ccc(-n2cc(Cl)cn2)c(Cl)c1. The highest BCUT2D eigenvalue weighted by Crippen LogP contribution is 2.22. The molecule has 17 heavy (non-hydrogen) atoms. The summed E-state index contributed by atoms with van der Waals surface area (Å²) in [6, 6.07) is 5.91. The van der Waals surface area contributed by atoms with Crippen LogP contribution >= 0.6 is 23.2 Å². The number of rotatable bonds is 4. The topological polar surface area (TPSA) is 29.9 Å². The fourth-order valence-corrected chi connectivity index (χ4v) is 1.97. The van der Waals surface area contributed by atoms with Gasteiger partial charge in [-0.1, -0.05) is 36.2 Å². The maximum absolute atomic E-state index is 6.22. The summed E-state index contributed by atoms with van der Waals surface area (Å²) in [6.45, 7) is 3.83. The molecule has 2 rings (SSSR count). The van der Waals surface area contributed by atoms with Crippen molar-refractivity contribution in [1.29, 1.82) is 0 Å². The van der Waals surface area contributed by atoms with E-state index < -0.39 is 0 Å². The van der Waals surface area contributed by atoms with Crippen LogP contribution in [0.1, 0.15) is 12.5 Å². The zero-order chi connectivity index (χ0) is 12.3. The molecule has 0 radical (unpaired) electrons. The van der Waals surface area contributed by atoms with Gasteiger partial charge in [-0.25, -0.2) is 4.68 Å². The average molecular weight is 270 g/mol. The third-order valence-electron chi connectivity index (χ3n) is 2.39. The van der Waals surface area contributed by atoms with Gasteiger partial charge in [-0.05, 0) is 24.2 Å². The lowest BCUT2D eigenvalue weighted by Crippen LogP contribution is -2.11. The maximum Gasteiger partial charge on any atom is 0.0832 e. The van der Waals surface area contributed by atoms with Crippen LogP contribution in [0.4, 0.5) is 0 Å². The van der Waals surface area contributed by atoms with Crippen molar-refractivity contribution in [3.05, 3.63) is 46.2 Å². The van der Waals surface area contributed by atoms with Gasteiger partial charge in [0, 0.05) is 12.7 Å². The first-order valence-electron chi connectivity index (χ1n) is 5.40. The molecule has 1 heterocycles. The van der Waals surface area contributed by atoms with E-state index in [9.17, 15) is 0 Å². The number of halogens is 2. The predicted molar refractivity (Wildman–Crippen MR) is 71.0 cm³/mol. The summed E-state index contributed by atoms with van der Waals surface area (Å²) in [5.41, 5.74) is 1.98. The Hall–Kier alpha value is -1.03. The zero-order valence-electron chi connectivity index (χ0n) is 9.45. The fraction of sp³-hybridized carbons (Fsp3) is 0.250. The third kappa shape index (κ3) is 3.00. The molecule has 2 aromatic rings. The van der Waals surface area contributed by atoms with Crippen LogP contribution in [-0.4, -0.2) is 16.3 Å². The first-order valence-corrected chi connectivity index (χ1v) is 6.16. The van der Waals surface area contributed by atoms with Gasteiger partial charge >= 0.3 is 0 Å². The van der Waals surface area contributed by atoms with E-state index in [0.717, 1.165) is 24.3 Å². The number of nitrogens with zero attached hydrogens (tertiary/aromatic N) is 2. The Morgan fingerprint density at radius 1 is 1.35 bits per heavy atom. The van der Waals surface area contributed by atoms with Crippen LogP contribution in [0.3, 0.4) is 0 Å². The molecular formula is C12H13Cl2N3. The van der Waals surface area contributed by atoms with Crippen LogP contribution < -0.4 is 5.32 Å². The third-order valence-corrected chi connectivity index (χ3v) is 2.89. The fourth-order valence-electron chi connectivity index (χ4n) is 1.55. The summed E-state index contributed by atoms with van der Waals surface area (Å²) in [6.07, 6.45) is 3.32. The largest absolute Gasteiger partial charge is 0.313 e. The van der Waals surface area contributed by atoms with E-state index >= 15 is 0 Å². The highest BCUT2D eigenvalue weighted by molar-refractivity contribution is 6.32. The molecule has 0 fully saturated rings. The number of nitrogens with one attached hydrogen (secondary N) is 1. The number of hydrogen-bond acceptors (Lipinski definition) is 2. The molecule has 90 valence electrons. The van der Waals surface area contributed by atoms with Gasteiger partial charge in [0.2, 0.25) is 0 Å². The molecule has 1 aromatic carbocycles. The number of hydrogen-bond donors (Lipinski definition) is 1. The van der Waals surface area contributed by atoms with E-state index in [4.69, 9.17) is 23.2 Å². The average Bonchev–Trinajstić information content (AvgIpc) is 2.73. The van der Waals surface area contributed by atoms with Crippen molar-refractivity contribution in [3.63, 3.8) is 0 Å².